The summed E-state index contributed by atoms with van der Waals surface area (Å²) in [6.07, 6.45) is 1.89. The molecule has 1 amide bonds. The van der Waals surface area contributed by atoms with Crippen LogP contribution in [0.15, 0.2) is 23.1 Å². The average Bonchev–Trinajstić information content (AvgIpc) is 3.06. The molecule has 0 saturated carbocycles. The molecule has 0 aromatic heterocycles. The molecule has 0 unspecified atom stereocenters. The number of hydrogen-bond donors (Lipinski definition) is 1. The first kappa shape index (κ1) is 19.0. The fraction of sp³-hybridized carbons (Fsp3) is 0.533. The molecule has 0 spiro atoms. The quantitative estimate of drug-likeness (QED) is 0.774. The van der Waals surface area contributed by atoms with Gasteiger partial charge in [0.25, 0.3) is 0 Å². The van der Waals surface area contributed by atoms with E-state index in [4.69, 9.17) is 21.1 Å². The molecule has 9 heteroatoms. The van der Waals surface area contributed by atoms with Gasteiger partial charge in [0.1, 0.15) is 5.75 Å². The Kier molecular flexibility index (Phi) is 6.45. The molecule has 1 heterocycles. The van der Waals surface area contributed by atoms with Crippen LogP contribution < -0.4 is 10.1 Å². The number of benzene rings is 1. The number of likely N-dealkylation sites (N-methyl/N-ethyl adjacent to an activating group) is 1. The zero-order valence-electron chi connectivity index (χ0n) is 13.6. The van der Waals surface area contributed by atoms with Crippen LogP contribution in [0.25, 0.3) is 0 Å². The van der Waals surface area contributed by atoms with Crippen LogP contribution in [0, 0.1) is 0 Å². The Labute approximate surface area is 146 Å². The second-order valence-corrected chi connectivity index (χ2v) is 7.95. The third-order valence-corrected chi connectivity index (χ3v) is 5.84. The molecule has 0 bridgehead atoms. The molecule has 0 aliphatic carbocycles. The van der Waals surface area contributed by atoms with E-state index in [1.54, 1.807) is 0 Å². The van der Waals surface area contributed by atoms with E-state index in [0.29, 0.717) is 18.9 Å². The molecular weight excluding hydrogens is 356 g/mol. The maximum absolute atomic E-state index is 12.5. The van der Waals surface area contributed by atoms with Crippen LogP contribution in [0.3, 0.4) is 0 Å². The lowest BCUT2D eigenvalue weighted by molar-refractivity contribution is -0.121. The number of nitrogens with zero attached hydrogens (tertiary/aromatic N) is 1. The highest BCUT2D eigenvalue weighted by atomic mass is 35.5. The molecule has 1 fully saturated rings. The highest BCUT2D eigenvalue weighted by Gasteiger charge is 2.24. The summed E-state index contributed by atoms with van der Waals surface area (Å²) in [7, 11) is -1.03. The van der Waals surface area contributed by atoms with Gasteiger partial charge < -0.3 is 14.8 Å². The molecule has 2 rings (SSSR count). The Morgan fingerprint density at radius 3 is 2.83 bits per heavy atom. The van der Waals surface area contributed by atoms with Crippen molar-refractivity contribution in [1.82, 2.24) is 9.62 Å². The number of halogens is 1. The normalized spacial score (nSPS) is 17.9. The van der Waals surface area contributed by atoms with Gasteiger partial charge in [0, 0.05) is 20.2 Å². The highest BCUT2D eigenvalue weighted by molar-refractivity contribution is 7.89. The minimum atomic E-state index is -3.82. The number of hydrogen-bond acceptors (Lipinski definition) is 5. The van der Waals surface area contributed by atoms with Crippen molar-refractivity contribution in [3.8, 4) is 5.75 Å². The smallest absolute Gasteiger partial charge is 0.243 e. The van der Waals surface area contributed by atoms with E-state index in [1.165, 1.54) is 32.4 Å². The van der Waals surface area contributed by atoms with Gasteiger partial charge in [-0.1, -0.05) is 11.6 Å². The molecule has 1 saturated heterocycles. The van der Waals surface area contributed by atoms with Crippen molar-refractivity contribution in [2.24, 2.45) is 0 Å². The minimum absolute atomic E-state index is 0.00252. The lowest BCUT2D eigenvalue weighted by atomic mass is 10.2. The average molecular weight is 377 g/mol. The SMILES string of the molecule is COc1ccc(S(=O)(=O)N(C)CC(=O)NC[C@@H]2CCCO2)cc1Cl. The second-order valence-electron chi connectivity index (χ2n) is 5.50. The van der Waals surface area contributed by atoms with Gasteiger partial charge in [0.15, 0.2) is 0 Å². The van der Waals surface area contributed by atoms with Crippen molar-refractivity contribution in [2.45, 2.75) is 23.8 Å². The lowest BCUT2D eigenvalue weighted by Gasteiger charge is -2.18. The monoisotopic (exact) mass is 376 g/mol. The zero-order valence-corrected chi connectivity index (χ0v) is 15.2. The molecule has 1 aromatic rings. The number of methoxy groups -OCH3 is 1. The van der Waals surface area contributed by atoms with Gasteiger partial charge in [0.05, 0.1) is 29.7 Å². The fourth-order valence-electron chi connectivity index (χ4n) is 2.36. The zero-order chi connectivity index (χ0) is 17.7. The van der Waals surface area contributed by atoms with Crippen molar-refractivity contribution in [3.63, 3.8) is 0 Å². The van der Waals surface area contributed by atoms with E-state index in [2.05, 4.69) is 5.32 Å². The first-order valence-corrected chi connectivity index (χ1v) is 9.34. The van der Waals surface area contributed by atoms with Gasteiger partial charge >= 0.3 is 0 Å². The van der Waals surface area contributed by atoms with Crippen molar-refractivity contribution in [1.29, 1.82) is 0 Å². The number of ether oxygens (including phenoxy) is 2. The lowest BCUT2D eigenvalue weighted by Crippen LogP contribution is -2.40. The predicted molar refractivity (Wildman–Crippen MR) is 89.8 cm³/mol. The Morgan fingerprint density at radius 2 is 2.25 bits per heavy atom. The van der Waals surface area contributed by atoms with Crippen LogP contribution in [0.4, 0.5) is 0 Å². The molecule has 1 aliphatic heterocycles. The molecule has 0 radical (unpaired) electrons. The van der Waals surface area contributed by atoms with E-state index >= 15 is 0 Å². The number of sulfonamides is 1. The molecule has 1 atom stereocenters. The van der Waals surface area contributed by atoms with Crippen molar-refractivity contribution < 1.29 is 22.7 Å². The van der Waals surface area contributed by atoms with E-state index in [1.807, 2.05) is 0 Å². The van der Waals surface area contributed by atoms with Gasteiger partial charge in [-0.15, -0.1) is 0 Å². The standard InChI is InChI=1S/C15H21ClN2O5S/c1-18(10-15(19)17-9-11-4-3-7-23-11)24(20,21)12-5-6-14(22-2)13(16)8-12/h5-6,8,11H,3-4,7,9-10H2,1-2H3,(H,17,19)/t11-/m0/s1. The first-order valence-electron chi connectivity index (χ1n) is 7.52. The summed E-state index contributed by atoms with van der Waals surface area (Å²) in [5, 5.41) is 2.88. The van der Waals surface area contributed by atoms with Crippen molar-refractivity contribution in [2.75, 3.05) is 33.9 Å². The molecule has 1 N–H and O–H groups in total. The molecule has 1 aromatic carbocycles. The number of nitrogens with one attached hydrogen (secondary N) is 1. The van der Waals surface area contributed by atoms with Gasteiger partial charge in [-0.25, -0.2) is 8.42 Å². The summed E-state index contributed by atoms with van der Waals surface area (Å²) in [5.41, 5.74) is 0. The van der Waals surface area contributed by atoms with Crippen LogP contribution >= 0.6 is 11.6 Å². The summed E-state index contributed by atoms with van der Waals surface area (Å²) >= 11 is 5.97. The third-order valence-electron chi connectivity index (χ3n) is 3.75. The number of carbonyl (C=O) groups excluding carboxylic acids is 1. The Balaban J connectivity index is 1.97. The molecule has 134 valence electrons. The van der Waals surface area contributed by atoms with Gasteiger partial charge in [-0.05, 0) is 31.0 Å². The number of amides is 1. The highest BCUT2D eigenvalue weighted by Crippen LogP contribution is 2.28. The topological polar surface area (TPSA) is 84.9 Å². The van der Waals surface area contributed by atoms with E-state index in [0.717, 1.165) is 17.1 Å². The van der Waals surface area contributed by atoms with Crippen LogP contribution in [-0.4, -0.2) is 58.6 Å². The van der Waals surface area contributed by atoms with Crippen LogP contribution in [0.1, 0.15) is 12.8 Å². The summed E-state index contributed by atoms with van der Waals surface area (Å²) in [4.78, 5) is 11.9. The first-order chi connectivity index (χ1) is 11.3. The minimum Gasteiger partial charge on any atom is -0.495 e. The van der Waals surface area contributed by atoms with E-state index in [-0.39, 0.29) is 28.5 Å². The summed E-state index contributed by atoms with van der Waals surface area (Å²) in [6.45, 7) is 0.812. The Hall–Kier alpha value is -1.35. The van der Waals surface area contributed by atoms with E-state index in [9.17, 15) is 13.2 Å². The molecule has 24 heavy (non-hydrogen) atoms. The van der Waals surface area contributed by atoms with E-state index < -0.39 is 10.0 Å². The van der Waals surface area contributed by atoms with Crippen LogP contribution in [0.2, 0.25) is 5.02 Å². The fourth-order valence-corrected chi connectivity index (χ4v) is 3.84. The number of rotatable bonds is 7. The molecule has 7 nitrogen and oxygen atoms in total. The van der Waals surface area contributed by atoms with Crippen molar-refractivity contribution in [3.05, 3.63) is 23.2 Å². The summed E-state index contributed by atoms with van der Waals surface area (Å²) in [5.74, 6) is 0.00348. The van der Waals surface area contributed by atoms with Gasteiger partial charge in [-0.2, -0.15) is 4.31 Å². The second kappa shape index (κ2) is 8.15. The summed E-state index contributed by atoms with van der Waals surface area (Å²) < 4.78 is 36.4. The third kappa shape index (κ3) is 4.60. The Bertz CT molecular complexity index is 689. The number of carbonyl (C=O) groups is 1. The largest absolute Gasteiger partial charge is 0.495 e. The summed E-state index contributed by atoms with van der Waals surface area (Å²) in [6, 6.07) is 4.16. The molecular formula is C15H21ClN2O5S. The van der Waals surface area contributed by atoms with Crippen molar-refractivity contribution >= 4 is 27.5 Å². The van der Waals surface area contributed by atoms with Crippen LogP contribution in [-0.2, 0) is 19.6 Å². The maximum atomic E-state index is 12.5. The maximum Gasteiger partial charge on any atom is 0.243 e. The predicted octanol–water partition coefficient (Wildman–Crippen LogP) is 1.26. The van der Waals surface area contributed by atoms with Gasteiger partial charge in [0.2, 0.25) is 15.9 Å². The Morgan fingerprint density at radius 1 is 1.50 bits per heavy atom. The molecule has 1 aliphatic rings. The van der Waals surface area contributed by atoms with Gasteiger partial charge in [-0.3, -0.25) is 4.79 Å². The van der Waals surface area contributed by atoms with Crippen LogP contribution in [0.5, 0.6) is 5.75 Å².